The third-order valence-corrected chi connectivity index (χ3v) is 1.77. The molecular weight excluding hydrogens is 218 g/mol. The molecule has 2 aromatic heterocycles. The zero-order valence-corrected chi connectivity index (χ0v) is 7.93. The van der Waals surface area contributed by atoms with Gasteiger partial charge < -0.3 is 4.84 Å². The van der Waals surface area contributed by atoms with E-state index in [1.807, 2.05) is 0 Å². The van der Waals surface area contributed by atoms with Gasteiger partial charge in [-0.25, -0.2) is 18.6 Å². The largest absolute Gasteiger partial charge is 0.384 e. The van der Waals surface area contributed by atoms with Crippen molar-refractivity contribution in [2.24, 2.45) is 0 Å². The van der Waals surface area contributed by atoms with Crippen molar-refractivity contribution < 1.29 is 18.4 Å². The SMILES string of the molecule is O=C(On1cccc1)c1ncc(F)cc1F. The van der Waals surface area contributed by atoms with Gasteiger partial charge in [-0.2, -0.15) is 4.73 Å². The third kappa shape index (κ3) is 2.05. The van der Waals surface area contributed by atoms with Crippen LogP contribution in [0.4, 0.5) is 8.78 Å². The molecule has 0 radical (unpaired) electrons. The lowest BCUT2D eigenvalue weighted by molar-refractivity contribution is 0.0450. The van der Waals surface area contributed by atoms with Gasteiger partial charge >= 0.3 is 5.97 Å². The van der Waals surface area contributed by atoms with Gasteiger partial charge in [0.1, 0.15) is 5.82 Å². The standard InChI is InChI=1S/C10H6F2N2O2/c11-7-5-8(12)9(13-6-7)10(15)16-14-3-1-2-4-14/h1-6H. The second-order valence-corrected chi connectivity index (χ2v) is 2.91. The Morgan fingerprint density at radius 2 is 2.00 bits per heavy atom. The Hall–Kier alpha value is -2.24. The first-order chi connectivity index (χ1) is 7.66. The molecule has 0 spiro atoms. The zero-order chi connectivity index (χ0) is 11.5. The molecule has 0 saturated heterocycles. The zero-order valence-electron chi connectivity index (χ0n) is 7.93. The summed E-state index contributed by atoms with van der Waals surface area (Å²) in [5.74, 6) is -2.90. The number of halogens is 2. The monoisotopic (exact) mass is 224 g/mol. The molecule has 0 unspecified atom stereocenters. The highest BCUT2D eigenvalue weighted by Crippen LogP contribution is 2.06. The Morgan fingerprint density at radius 3 is 2.62 bits per heavy atom. The highest BCUT2D eigenvalue weighted by molar-refractivity contribution is 5.87. The molecule has 0 fully saturated rings. The third-order valence-electron chi connectivity index (χ3n) is 1.77. The van der Waals surface area contributed by atoms with Crippen molar-refractivity contribution in [3.8, 4) is 0 Å². The highest BCUT2D eigenvalue weighted by atomic mass is 19.1. The van der Waals surface area contributed by atoms with Crippen molar-refractivity contribution in [1.29, 1.82) is 0 Å². The normalized spacial score (nSPS) is 10.1. The predicted molar refractivity (Wildman–Crippen MR) is 49.5 cm³/mol. The van der Waals surface area contributed by atoms with Crippen LogP contribution in [0.25, 0.3) is 0 Å². The molecule has 0 aromatic carbocycles. The molecule has 6 heteroatoms. The average molecular weight is 224 g/mol. The van der Waals surface area contributed by atoms with Crippen molar-refractivity contribution in [3.05, 3.63) is 54.1 Å². The molecule has 0 aliphatic carbocycles. The van der Waals surface area contributed by atoms with Crippen LogP contribution in [0.15, 0.2) is 36.8 Å². The van der Waals surface area contributed by atoms with Crippen LogP contribution in [-0.4, -0.2) is 15.7 Å². The molecule has 2 rings (SSSR count). The molecule has 2 heterocycles. The van der Waals surface area contributed by atoms with E-state index in [9.17, 15) is 13.6 Å². The number of pyridine rings is 1. The van der Waals surface area contributed by atoms with Crippen LogP contribution in [0.5, 0.6) is 0 Å². The molecule has 2 aromatic rings. The summed E-state index contributed by atoms with van der Waals surface area (Å²) in [5, 5.41) is 0. The molecule has 0 aliphatic heterocycles. The van der Waals surface area contributed by atoms with Crippen molar-refractivity contribution in [2.75, 3.05) is 0 Å². The van der Waals surface area contributed by atoms with Gasteiger partial charge in [-0.1, -0.05) is 0 Å². The number of carbonyl (C=O) groups excluding carboxylic acids is 1. The van der Waals surface area contributed by atoms with Crippen LogP contribution in [0, 0.1) is 11.6 Å². The van der Waals surface area contributed by atoms with E-state index in [1.54, 1.807) is 12.1 Å². The van der Waals surface area contributed by atoms with Gasteiger partial charge in [0, 0.05) is 18.5 Å². The Kier molecular flexibility index (Phi) is 2.63. The van der Waals surface area contributed by atoms with Crippen LogP contribution >= 0.6 is 0 Å². The summed E-state index contributed by atoms with van der Waals surface area (Å²) in [6.45, 7) is 0. The molecule has 0 saturated carbocycles. The van der Waals surface area contributed by atoms with Gasteiger partial charge in [-0.3, -0.25) is 0 Å². The minimum absolute atomic E-state index is 0.560. The van der Waals surface area contributed by atoms with Crippen LogP contribution in [0.2, 0.25) is 0 Å². The van der Waals surface area contributed by atoms with Crippen LogP contribution in [0.3, 0.4) is 0 Å². The second kappa shape index (κ2) is 4.09. The van der Waals surface area contributed by atoms with Gasteiger partial charge in [0.25, 0.3) is 0 Å². The number of aromatic nitrogens is 2. The minimum atomic E-state index is -1.06. The van der Waals surface area contributed by atoms with Crippen LogP contribution in [0.1, 0.15) is 10.5 Å². The summed E-state index contributed by atoms with van der Waals surface area (Å²) in [7, 11) is 0. The molecule has 0 atom stereocenters. The quantitative estimate of drug-likeness (QED) is 0.775. The lowest BCUT2D eigenvalue weighted by atomic mass is 10.3. The van der Waals surface area contributed by atoms with E-state index < -0.39 is 23.3 Å². The fourth-order valence-electron chi connectivity index (χ4n) is 1.08. The highest BCUT2D eigenvalue weighted by Gasteiger charge is 2.16. The number of rotatable bonds is 2. The van der Waals surface area contributed by atoms with Crippen molar-refractivity contribution in [1.82, 2.24) is 9.71 Å². The Labute approximate surface area is 89.1 Å². The Bertz CT molecular complexity index is 512. The molecule has 0 N–H and O–H groups in total. The molecule has 16 heavy (non-hydrogen) atoms. The van der Waals surface area contributed by atoms with Gasteiger partial charge in [-0.15, -0.1) is 0 Å². The summed E-state index contributed by atoms with van der Waals surface area (Å²) in [6.07, 6.45) is 3.66. The Morgan fingerprint density at radius 1 is 1.31 bits per heavy atom. The summed E-state index contributed by atoms with van der Waals surface area (Å²) in [6, 6.07) is 3.82. The molecule has 82 valence electrons. The summed E-state index contributed by atoms with van der Waals surface area (Å²) >= 11 is 0. The Balaban J connectivity index is 2.21. The maximum atomic E-state index is 13.1. The van der Waals surface area contributed by atoms with E-state index >= 15 is 0 Å². The summed E-state index contributed by atoms with van der Waals surface area (Å²) in [5.41, 5.74) is -0.560. The lowest BCUT2D eigenvalue weighted by Gasteiger charge is -2.03. The molecule has 4 nitrogen and oxygen atoms in total. The predicted octanol–water partition coefficient (Wildman–Crippen LogP) is 1.43. The first-order valence-electron chi connectivity index (χ1n) is 4.33. The fourth-order valence-corrected chi connectivity index (χ4v) is 1.08. The van der Waals surface area contributed by atoms with Crippen LogP contribution < -0.4 is 4.84 Å². The molecule has 0 amide bonds. The van der Waals surface area contributed by atoms with Crippen molar-refractivity contribution in [2.45, 2.75) is 0 Å². The number of hydrogen-bond donors (Lipinski definition) is 0. The molecular formula is C10H6F2N2O2. The van der Waals surface area contributed by atoms with Gasteiger partial charge in [0.05, 0.1) is 6.20 Å². The molecule has 0 aliphatic rings. The number of hydrogen-bond acceptors (Lipinski definition) is 3. The smallest absolute Gasteiger partial charge is 0.330 e. The maximum Gasteiger partial charge on any atom is 0.384 e. The first-order valence-corrected chi connectivity index (χ1v) is 4.33. The van der Waals surface area contributed by atoms with Crippen molar-refractivity contribution in [3.63, 3.8) is 0 Å². The van der Waals surface area contributed by atoms with E-state index in [2.05, 4.69) is 4.98 Å². The average Bonchev–Trinajstić information content (AvgIpc) is 2.70. The summed E-state index contributed by atoms with van der Waals surface area (Å²) < 4.78 is 26.7. The van der Waals surface area contributed by atoms with Gasteiger partial charge in [0.15, 0.2) is 11.5 Å². The topological polar surface area (TPSA) is 44.1 Å². The number of nitrogens with zero attached hydrogens (tertiary/aromatic N) is 2. The maximum absolute atomic E-state index is 13.1. The van der Waals surface area contributed by atoms with Crippen molar-refractivity contribution >= 4 is 5.97 Å². The van der Waals surface area contributed by atoms with E-state index in [0.29, 0.717) is 6.07 Å². The first kappa shape index (κ1) is 10.3. The lowest BCUT2D eigenvalue weighted by Crippen LogP contribution is -2.20. The second-order valence-electron chi connectivity index (χ2n) is 2.91. The van der Waals surface area contributed by atoms with Gasteiger partial charge in [0.2, 0.25) is 0 Å². The number of carbonyl (C=O) groups is 1. The van der Waals surface area contributed by atoms with E-state index in [-0.39, 0.29) is 0 Å². The molecule has 0 bridgehead atoms. The fraction of sp³-hybridized carbons (Fsp3) is 0. The minimum Gasteiger partial charge on any atom is -0.330 e. The van der Waals surface area contributed by atoms with Gasteiger partial charge in [-0.05, 0) is 12.1 Å². The van der Waals surface area contributed by atoms with E-state index in [0.717, 1.165) is 10.9 Å². The van der Waals surface area contributed by atoms with E-state index in [4.69, 9.17) is 4.84 Å². The summed E-state index contributed by atoms with van der Waals surface area (Å²) in [4.78, 5) is 19.4. The van der Waals surface area contributed by atoms with E-state index in [1.165, 1.54) is 12.4 Å². The van der Waals surface area contributed by atoms with Crippen LogP contribution in [-0.2, 0) is 0 Å².